The van der Waals surface area contributed by atoms with Crippen molar-refractivity contribution in [3.63, 3.8) is 0 Å². The number of aromatic nitrogens is 2. The highest BCUT2D eigenvalue weighted by Crippen LogP contribution is 2.21. The van der Waals surface area contributed by atoms with Crippen LogP contribution in [0.4, 0.5) is 0 Å². The number of nitrogens with zero attached hydrogens (tertiary/aromatic N) is 1. The van der Waals surface area contributed by atoms with E-state index in [1.54, 1.807) is 6.92 Å². The fraction of sp³-hybridized carbons (Fsp3) is 0.286. The van der Waals surface area contributed by atoms with Crippen molar-refractivity contribution in [3.8, 4) is 11.3 Å². The maximum atomic E-state index is 11.9. The molecule has 1 heterocycles. The minimum Gasteiger partial charge on any atom is -0.310 e. The lowest BCUT2D eigenvalue weighted by molar-refractivity contribution is 0.823. The molecule has 4 heteroatoms. The van der Waals surface area contributed by atoms with E-state index in [4.69, 9.17) is 0 Å². The first-order valence-electron chi connectivity index (χ1n) is 5.97. The Morgan fingerprint density at radius 1 is 1.28 bits per heavy atom. The van der Waals surface area contributed by atoms with Crippen molar-refractivity contribution in [2.75, 3.05) is 0 Å². The summed E-state index contributed by atoms with van der Waals surface area (Å²) in [6.07, 6.45) is 1.75. The van der Waals surface area contributed by atoms with E-state index >= 15 is 0 Å². The number of hydrogen-bond donors (Lipinski definition) is 1. The molecule has 2 aromatic rings. The molecule has 0 aliphatic rings. The maximum Gasteiger partial charge on any atom is 0.254 e. The highest BCUT2D eigenvalue weighted by atomic mass is 79.9. The number of hydrogen-bond acceptors (Lipinski definition) is 2. The van der Waals surface area contributed by atoms with Crippen molar-refractivity contribution in [2.45, 2.75) is 26.7 Å². The lowest BCUT2D eigenvalue weighted by atomic mass is 10.1. The zero-order valence-corrected chi connectivity index (χ0v) is 12.0. The number of H-pyrrole nitrogens is 1. The Labute approximate surface area is 114 Å². The van der Waals surface area contributed by atoms with Gasteiger partial charge in [-0.2, -0.15) is 0 Å². The van der Waals surface area contributed by atoms with Crippen LogP contribution in [0.1, 0.15) is 24.7 Å². The minimum absolute atomic E-state index is 0.0497. The molecular weight excluding hydrogens is 292 g/mol. The zero-order chi connectivity index (χ0) is 13.1. The van der Waals surface area contributed by atoms with Gasteiger partial charge in [0.25, 0.3) is 5.56 Å². The highest BCUT2D eigenvalue weighted by molar-refractivity contribution is 9.10. The van der Waals surface area contributed by atoms with Gasteiger partial charge in [-0.1, -0.05) is 35.0 Å². The fourth-order valence-electron chi connectivity index (χ4n) is 1.82. The van der Waals surface area contributed by atoms with E-state index in [2.05, 4.69) is 32.8 Å². The van der Waals surface area contributed by atoms with Gasteiger partial charge in [-0.05, 0) is 25.5 Å². The molecule has 18 heavy (non-hydrogen) atoms. The largest absolute Gasteiger partial charge is 0.310 e. The van der Waals surface area contributed by atoms with Gasteiger partial charge in [0.15, 0.2) is 0 Å². The number of halogens is 1. The Bertz CT molecular complexity index is 602. The second-order valence-corrected chi connectivity index (χ2v) is 5.16. The molecule has 2 rings (SSSR count). The Morgan fingerprint density at radius 2 is 1.94 bits per heavy atom. The zero-order valence-electron chi connectivity index (χ0n) is 10.5. The van der Waals surface area contributed by atoms with Crippen molar-refractivity contribution < 1.29 is 0 Å². The Balaban J connectivity index is 2.55. The number of benzene rings is 1. The summed E-state index contributed by atoms with van der Waals surface area (Å²) in [7, 11) is 0. The Hall–Kier alpha value is -1.42. The first-order valence-corrected chi connectivity index (χ1v) is 6.77. The molecular formula is C14H15BrN2O. The monoisotopic (exact) mass is 306 g/mol. The molecule has 0 saturated heterocycles. The molecule has 1 N–H and O–H groups in total. The van der Waals surface area contributed by atoms with E-state index in [9.17, 15) is 4.79 Å². The fourth-order valence-corrected chi connectivity index (χ4v) is 2.09. The van der Waals surface area contributed by atoms with Crippen molar-refractivity contribution in [2.24, 2.45) is 0 Å². The molecule has 0 amide bonds. The van der Waals surface area contributed by atoms with Crippen LogP contribution in [-0.4, -0.2) is 9.97 Å². The number of aromatic amines is 1. The Kier molecular flexibility index (Phi) is 3.97. The predicted molar refractivity (Wildman–Crippen MR) is 76.7 cm³/mol. The number of nitrogens with one attached hydrogen (secondary N) is 1. The molecule has 3 nitrogen and oxygen atoms in total. The van der Waals surface area contributed by atoms with E-state index in [-0.39, 0.29) is 5.56 Å². The highest BCUT2D eigenvalue weighted by Gasteiger charge is 2.09. The third-order valence-electron chi connectivity index (χ3n) is 2.80. The molecule has 94 valence electrons. The predicted octanol–water partition coefficient (Wildman–Crippen LogP) is 3.46. The third kappa shape index (κ3) is 2.70. The van der Waals surface area contributed by atoms with E-state index in [0.717, 1.165) is 34.4 Å². The second-order valence-electron chi connectivity index (χ2n) is 4.24. The van der Waals surface area contributed by atoms with E-state index < -0.39 is 0 Å². The van der Waals surface area contributed by atoms with Crippen LogP contribution in [0.15, 0.2) is 33.5 Å². The summed E-state index contributed by atoms with van der Waals surface area (Å²) in [5, 5.41) is 0. The molecule has 0 atom stereocenters. The SMILES string of the molecule is CCCc1nc(-c2ccc(Br)cc2)c(C)c(=O)[nH]1. The second kappa shape index (κ2) is 5.48. The topological polar surface area (TPSA) is 45.8 Å². The van der Waals surface area contributed by atoms with E-state index in [1.807, 2.05) is 24.3 Å². The molecule has 0 unspecified atom stereocenters. The summed E-state index contributed by atoms with van der Waals surface area (Å²) < 4.78 is 1.02. The average Bonchev–Trinajstić information content (AvgIpc) is 2.35. The summed E-state index contributed by atoms with van der Waals surface area (Å²) in [5.41, 5.74) is 2.36. The molecule has 0 aliphatic carbocycles. The first-order chi connectivity index (χ1) is 8.61. The first kappa shape index (κ1) is 13.0. The van der Waals surface area contributed by atoms with Crippen LogP contribution in [0.5, 0.6) is 0 Å². The lowest BCUT2D eigenvalue weighted by Gasteiger charge is -2.07. The third-order valence-corrected chi connectivity index (χ3v) is 3.33. The maximum absolute atomic E-state index is 11.9. The van der Waals surface area contributed by atoms with Crippen molar-refractivity contribution >= 4 is 15.9 Å². The van der Waals surface area contributed by atoms with Gasteiger partial charge in [-0.3, -0.25) is 4.79 Å². The van der Waals surface area contributed by atoms with E-state index in [1.165, 1.54) is 0 Å². The molecule has 0 aliphatic heterocycles. The van der Waals surface area contributed by atoms with Gasteiger partial charge in [-0.25, -0.2) is 4.98 Å². The summed E-state index contributed by atoms with van der Waals surface area (Å²) in [4.78, 5) is 19.2. The van der Waals surface area contributed by atoms with Crippen molar-refractivity contribution in [1.29, 1.82) is 0 Å². The molecule has 0 radical (unpaired) electrons. The summed E-state index contributed by atoms with van der Waals surface area (Å²) in [5.74, 6) is 0.756. The van der Waals surface area contributed by atoms with Crippen molar-refractivity contribution in [3.05, 3.63) is 50.5 Å². The van der Waals surface area contributed by atoms with Gasteiger partial charge in [0.2, 0.25) is 0 Å². The molecule has 0 bridgehead atoms. The van der Waals surface area contributed by atoms with E-state index in [0.29, 0.717) is 5.56 Å². The van der Waals surface area contributed by atoms with Crippen LogP contribution in [0.3, 0.4) is 0 Å². The van der Waals surface area contributed by atoms with Crippen LogP contribution >= 0.6 is 15.9 Å². The quantitative estimate of drug-likeness (QED) is 0.944. The van der Waals surface area contributed by atoms with Crippen LogP contribution in [-0.2, 0) is 6.42 Å². The summed E-state index contributed by atoms with van der Waals surface area (Å²) in [6, 6.07) is 7.84. The summed E-state index contributed by atoms with van der Waals surface area (Å²) in [6.45, 7) is 3.87. The van der Waals surface area contributed by atoms with Gasteiger partial charge in [0, 0.05) is 22.0 Å². The van der Waals surface area contributed by atoms with Crippen LogP contribution < -0.4 is 5.56 Å². The van der Waals surface area contributed by atoms with Gasteiger partial charge in [0.1, 0.15) is 5.82 Å². The molecule has 1 aromatic heterocycles. The lowest BCUT2D eigenvalue weighted by Crippen LogP contribution is -2.16. The number of rotatable bonds is 3. The smallest absolute Gasteiger partial charge is 0.254 e. The van der Waals surface area contributed by atoms with Gasteiger partial charge >= 0.3 is 0 Å². The van der Waals surface area contributed by atoms with Crippen LogP contribution in [0.25, 0.3) is 11.3 Å². The standard InChI is InChI=1S/C14H15BrN2O/c1-3-4-12-16-13(9(2)14(18)17-12)10-5-7-11(15)8-6-10/h5-8H,3-4H2,1-2H3,(H,16,17,18). The molecule has 0 saturated carbocycles. The normalized spacial score (nSPS) is 10.6. The van der Waals surface area contributed by atoms with Crippen molar-refractivity contribution in [1.82, 2.24) is 9.97 Å². The Morgan fingerprint density at radius 3 is 2.56 bits per heavy atom. The van der Waals surface area contributed by atoms with Crippen LogP contribution in [0, 0.1) is 6.92 Å². The van der Waals surface area contributed by atoms with Gasteiger partial charge < -0.3 is 4.98 Å². The summed E-state index contributed by atoms with van der Waals surface area (Å²) >= 11 is 3.40. The average molecular weight is 307 g/mol. The molecule has 1 aromatic carbocycles. The molecule has 0 fully saturated rings. The number of aryl methyl sites for hydroxylation is 1. The minimum atomic E-state index is -0.0497. The molecule has 0 spiro atoms. The van der Waals surface area contributed by atoms with Gasteiger partial charge in [0.05, 0.1) is 5.69 Å². The van der Waals surface area contributed by atoms with Gasteiger partial charge in [-0.15, -0.1) is 0 Å². The van der Waals surface area contributed by atoms with Crippen LogP contribution in [0.2, 0.25) is 0 Å².